The van der Waals surface area contributed by atoms with Crippen molar-refractivity contribution in [3.8, 4) is 29.1 Å². The van der Waals surface area contributed by atoms with Gasteiger partial charge in [-0.1, -0.05) is 46.3 Å². The molecule has 0 heterocycles. The van der Waals surface area contributed by atoms with Crippen LogP contribution in [-0.2, 0) is 17.9 Å². The first-order chi connectivity index (χ1) is 17.0. The van der Waals surface area contributed by atoms with Crippen molar-refractivity contribution >= 4 is 27.9 Å². The minimum Gasteiger partial charge on any atom is -0.497 e. The molecule has 3 rings (SSSR count). The van der Waals surface area contributed by atoms with Crippen LogP contribution < -0.4 is 24.3 Å². The van der Waals surface area contributed by atoms with Crippen LogP contribution in [-0.4, -0.2) is 27.2 Å². The molecule has 8 heteroatoms. The summed E-state index contributed by atoms with van der Waals surface area (Å²) in [6.07, 6.45) is 1.49. The second-order valence-corrected chi connectivity index (χ2v) is 8.18. The first-order valence-electron chi connectivity index (χ1n) is 10.6. The fraction of sp³-hybridized carbons (Fsp3) is 0.185. The van der Waals surface area contributed by atoms with E-state index in [9.17, 15) is 10.1 Å². The standard InChI is InChI=1S/C27H25BrN2O5/c1-32-22-10-9-19(24(13-22)33-2)16-30-27(31)21(15-29)11-20-12-25(34-3)26(14-23(20)28)35-17-18-7-5-4-6-8-18/h4-14H,16-17H2,1-3H3,(H,30,31)/b21-11+. The lowest BCUT2D eigenvalue weighted by Gasteiger charge is -2.13. The van der Waals surface area contributed by atoms with Gasteiger partial charge >= 0.3 is 0 Å². The highest BCUT2D eigenvalue weighted by Gasteiger charge is 2.15. The molecule has 0 saturated heterocycles. The van der Waals surface area contributed by atoms with Crippen molar-refractivity contribution in [2.75, 3.05) is 21.3 Å². The van der Waals surface area contributed by atoms with Gasteiger partial charge in [0.25, 0.3) is 5.91 Å². The summed E-state index contributed by atoms with van der Waals surface area (Å²) in [4.78, 5) is 12.7. The van der Waals surface area contributed by atoms with Crippen LogP contribution >= 0.6 is 15.9 Å². The summed E-state index contributed by atoms with van der Waals surface area (Å²) in [5.74, 6) is 1.72. The van der Waals surface area contributed by atoms with Gasteiger partial charge in [0.05, 0.1) is 21.3 Å². The van der Waals surface area contributed by atoms with Crippen molar-refractivity contribution in [3.63, 3.8) is 0 Å². The van der Waals surface area contributed by atoms with E-state index in [0.717, 1.165) is 11.1 Å². The summed E-state index contributed by atoms with van der Waals surface area (Å²) >= 11 is 3.50. The summed E-state index contributed by atoms with van der Waals surface area (Å²) in [5.41, 5.74) is 2.31. The largest absolute Gasteiger partial charge is 0.497 e. The van der Waals surface area contributed by atoms with Gasteiger partial charge in [-0.25, -0.2) is 0 Å². The van der Waals surface area contributed by atoms with E-state index in [1.165, 1.54) is 13.2 Å². The molecule has 3 aromatic rings. The third kappa shape index (κ3) is 6.78. The smallest absolute Gasteiger partial charge is 0.262 e. The maximum atomic E-state index is 12.7. The lowest BCUT2D eigenvalue weighted by molar-refractivity contribution is -0.117. The molecule has 7 nitrogen and oxygen atoms in total. The van der Waals surface area contributed by atoms with Gasteiger partial charge in [0.2, 0.25) is 0 Å². The number of carbonyl (C=O) groups excluding carboxylic acids is 1. The third-order valence-electron chi connectivity index (χ3n) is 5.12. The van der Waals surface area contributed by atoms with Crippen LogP contribution in [0, 0.1) is 11.3 Å². The van der Waals surface area contributed by atoms with Gasteiger partial charge in [0, 0.05) is 22.6 Å². The fourth-order valence-corrected chi connectivity index (χ4v) is 3.68. The summed E-state index contributed by atoms with van der Waals surface area (Å²) < 4.78 is 22.6. The van der Waals surface area contributed by atoms with Gasteiger partial charge in [-0.05, 0) is 41.5 Å². The molecule has 0 aliphatic heterocycles. The van der Waals surface area contributed by atoms with Crippen molar-refractivity contribution in [1.29, 1.82) is 5.26 Å². The Labute approximate surface area is 213 Å². The third-order valence-corrected chi connectivity index (χ3v) is 5.81. The number of carbonyl (C=O) groups is 1. The van der Waals surface area contributed by atoms with Crippen LogP contribution in [0.2, 0.25) is 0 Å². The number of nitrogens with one attached hydrogen (secondary N) is 1. The molecular formula is C27H25BrN2O5. The maximum absolute atomic E-state index is 12.7. The summed E-state index contributed by atoms with van der Waals surface area (Å²) in [6, 6.07) is 20.5. The van der Waals surface area contributed by atoms with Crippen molar-refractivity contribution in [3.05, 3.63) is 87.4 Å². The molecule has 3 aromatic carbocycles. The van der Waals surface area contributed by atoms with Crippen LogP contribution in [0.3, 0.4) is 0 Å². The Morgan fingerprint density at radius 2 is 1.71 bits per heavy atom. The molecule has 0 aliphatic carbocycles. The van der Waals surface area contributed by atoms with E-state index in [1.807, 2.05) is 36.4 Å². The lowest BCUT2D eigenvalue weighted by Crippen LogP contribution is -2.24. The Bertz CT molecular complexity index is 1250. The monoisotopic (exact) mass is 536 g/mol. The van der Waals surface area contributed by atoms with E-state index in [4.69, 9.17) is 18.9 Å². The molecular weight excluding hydrogens is 512 g/mol. The Morgan fingerprint density at radius 3 is 2.37 bits per heavy atom. The number of halogens is 1. The maximum Gasteiger partial charge on any atom is 0.262 e. The molecule has 0 radical (unpaired) electrons. The van der Waals surface area contributed by atoms with Gasteiger partial charge in [0.15, 0.2) is 11.5 Å². The van der Waals surface area contributed by atoms with Crippen LogP contribution in [0.15, 0.2) is 70.7 Å². The van der Waals surface area contributed by atoms with Gasteiger partial charge in [-0.15, -0.1) is 0 Å². The zero-order valence-corrected chi connectivity index (χ0v) is 21.2. The predicted molar refractivity (Wildman–Crippen MR) is 136 cm³/mol. The second-order valence-electron chi connectivity index (χ2n) is 7.33. The Hall–Kier alpha value is -3.96. The topological polar surface area (TPSA) is 89.8 Å². The molecule has 1 amide bonds. The van der Waals surface area contributed by atoms with Gasteiger partial charge in [0.1, 0.15) is 29.7 Å². The number of hydrogen-bond acceptors (Lipinski definition) is 6. The Morgan fingerprint density at radius 1 is 0.971 bits per heavy atom. The van der Waals surface area contributed by atoms with E-state index in [0.29, 0.717) is 39.6 Å². The fourth-order valence-electron chi connectivity index (χ4n) is 3.24. The Balaban J connectivity index is 1.76. The van der Waals surface area contributed by atoms with Crippen molar-refractivity contribution in [2.45, 2.75) is 13.2 Å². The second kappa shape index (κ2) is 12.5. The van der Waals surface area contributed by atoms with Crippen molar-refractivity contribution < 1.29 is 23.7 Å². The van der Waals surface area contributed by atoms with Crippen LogP contribution in [0.4, 0.5) is 0 Å². The number of ether oxygens (including phenoxy) is 4. The number of benzene rings is 3. The highest BCUT2D eigenvalue weighted by molar-refractivity contribution is 9.10. The zero-order valence-electron chi connectivity index (χ0n) is 19.6. The van der Waals surface area contributed by atoms with Gasteiger partial charge in [-0.3, -0.25) is 4.79 Å². The molecule has 35 heavy (non-hydrogen) atoms. The predicted octanol–water partition coefficient (Wildman–Crippen LogP) is 5.28. The molecule has 0 fully saturated rings. The number of nitrogens with zero attached hydrogens (tertiary/aromatic N) is 1. The molecule has 0 atom stereocenters. The highest BCUT2D eigenvalue weighted by Crippen LogP contribution is 2.35. The number of amides is 1. The van der Waals surface area contributed by atoms with E-state index in [-0.39, 0.29) is 12.1 Å². The molecule has 180 valence electrons. The zero-order chi connectivity index (χ0) is 25.2. The SMILES string of the molecule is COc1ccc(CNC(=O)/C(C#N)=C/c2cc(OC)c(OCc3ccccc3)cc2Br)c(OC)c1. The summed E-state index contributed by atoms with van der Waals surface area (Å²) in [5, 5.41) is 12.4. The normalized spacial score (nSPS) is 10.8. The number of nitriles is 1. The molecule has 0 unspecified atom stereocenters. The van der Waals surface area contributed by atoms with Crippen LogP contribution in [0.1, 0.15) is 16.7 Å². The molecule has 1 N–H and O–H groups in total. The van der Waals surface area contributed by atoms with Crippen molar-refractivity contribution in [1.82, 2.24) is 5.32 Å². The summed E-state index contributed by atoms with van der Waals surface area (Å²) in [6.45, 7) is 0.557. The first kappa shape index (κ1) is 25.7. The number of methoxy groups -OCH3 is 3. The summed E-state index contributed by atoms with van der Waals surface area (Å²) in [7, 11) is 4.64. The molecule has 0 aliphatic rings. The first-order valence-corrected chi connectivity index (χ1v) is 11.4. The van der Waals surface area contributed by atoms with E-state index in [2.05, 4.69) is 21.2 Å². The van der Waals surface area contributed by atoms with Crippen LogP contribution in [0.25, 0.3) is 6.08 Å². The highest BCUT2D eigenvalue weighted by atomic mass is 79.9. The average molecular weight is 537 g/mol. The van der Waals surface area contributed by atoms with E-state index in [1.54, 1.807) is 44.6 Å². The molecule has 0 bridgehead atoms. The molecule has 0 aromatic heterocycles. The van der Waals surface area contributed by atoms with Gasteiger partial charge in [-0.2, -0.15) is 5.26 Å². The Kier molecular flexibility index (Phi) is 9.16. The van der Waals surface area contributed by atoms with Crippen molar-refractivity contribution in [2.24, 2.45) is 0 Å². The molecule has 0 spiro atoms. The van der Waals surface area contributed by atoms with E-state index >= 15 is 0 Å². The quantitative estimate of drug-likeness (QED) is 0.280. The molecule has 0 saturated carbocycles. The minimum atomic E-state index is -0.513. The number of hydrogen-bond donors (Lipinski definition) is 1. The number of rotatable bonds is 10. The minimum absolute atomic E-state index is 0.0572. The lowest BCUT2D eigenvalue weighted by atomic mass is 10.1. The van der Waals surface area contributed by atoms with Gasteiger partial charge < -0.3 is 24.3 Å². The van der Waals surface area contributed by atoms with Crippen LogP contribution in [0.5, 0.6) is 23.0 Å². The average Bonchev–Trinajstić information content (AvgIpc) is 2.90. The van der Waals surface area contributed by atoms with E-state index < -0.39 is 5.91 Å².